The minimum atomic E-state index is -1.56. The van der Waals surface area contributed by atoms with Crippen LogP contribution >= 0.6 is 7.92 Å². The van der Waals surface area contributed by atoms with Gasteiger partial charge in [0.25, 0.3) is 0 Å². The second-order valence-corrected chi connectivity index (χ2v) is 14.1. The Hall–Kier alpha value is 0.442. The van der Waals surface area contributed by atoms with Gasteiger partial charge in [-0.2, -0.15) is 12.0 Å². The smallest absolute Gasteiger partial charge is 0.661 e. The Labute approximate surface area is 223 Å². The van der Waals surface area contributed by atoms with Crippen molar-refractivity contribution in [2.45, 2.75) is 133 Å². The van der Waals surface area contributed by atoms with Gasteiger partial charge in [-0.3, -0.25) is 0 Å². The number of ether oxygens (including phenoxy) is 1. The Morgan fingerprint density at radius 3 is 1.97 bits per heavy atom. The fourth-order valence-electron chi connectivity index (χ4n) is 6.95. The van der Waals surface area contributed by atoms with E-state index in [1.807, 2.05) is 0 Å². The summed E-state index contributed by atoms with van der Waals surface area (Å²) >= 11 is 0. The third-order valence-corrected chi connectivity index (χ3v) is 12.8. The number of rotatable bonds is 6. The normalized spacial score (nSPS) is 29.4. The first kappa shape index (κ1) is 30.7. The van der Waals surface area contributed by atoms with Crippen LogP contribution in [-0.2, 0) is 30.0 Å². The van der Waals surface area contributed by atoms with E-state index in [9.17, 15) is 15.0 Å². The molecule has 1 heterocycles. The molecule has 200 valence electrons. The van der Waals surface area contributed by atoms with Crippen LogP contribution in [0.3, 0.4) is 0 Å². The molecule has 4 rings (SSSR count). The van der Waals surface area contributed by atoms with Crippen molar-refractivity contribution in [3.63, 3.8) is 0 Å². The quantitative estimate of drug-likeness (QED) is 0.134. The average Bonchev–Trinajstić information content (AvgIpc) is 2.84. The maximum absolute atomic E-state index is 12.4. The Morgan fingerprint density at radius 1 is 0.912 bits per heavy atom. The number of aliphatic hydroxyl groups is 2. The SMILES string of the molecule is CCOC(=O)C(C(O)O)[PH+](C1CCCCC1)C1CCCCC1.[CH2-]C1CCCC2CCC[N-]C12.[Pd+2]. The van der Waals surface area contributed by atoms with Gasteiger partial charge in [0.05, 0.1) is 17.9 Å². The number of nitrogens with zero attached hydrogens (tertiary/aromatic N) is 1. The predicted molar refractivity (Wildman–Crippen MR) is 138 cm³/mol. The summed E-state index contributed by atoms with van der Waals surface area (Å²) in [6.45, 7) is 7.39. The van der Waals surface area contributed by atoms with Gasteiger partial charge in [-0.05, 0) is 58.3 Å². The fraction of sp³-hybridized carbons (Fsp3) is 0.926. The predicted octanol–water partition coefficient (Wildman–Crippen LogP) is 5.88. The molecule has 0 amide bonds. The van der Waals surface area contributed by atoms with E-state index in [0.717, 1.165) is 38.1 Å². The van der Waals surface area contributed by atoms with E-state index in [4.69, 9.17) is 4.74 Å². The molecule has 0 aromatic carbocycles. The molecule has 1 aliphatic heterocycles. The maximum atomic E-state index is 12.4. The summed E-state index contributed by atoms with van der Waals surface area (Å²) in [4.78, 5) is 12.4. The van der Waals surface area contributed by atoms with E-state index < -0.39 is 19.9 Å². The fourth-order valence-corrected chi connectivity index (χ4v) is 11.5. The first-order valence-electron chi connectivity index (χ1n) is 13.9. The molecule has 2 N–H and O–H groups in total. The molecule has 4 fully saturated rings. The minimum Gasteiger partial charge on any atom is -0.661 e. The van der Waals surface area contributed by atoms with Gasteiger partial charge in [-0.15, -0.1) is 6.54 Å². The molecular weight excluding hydrogens is 540 g/mol. The molecule has 34 heavy (non-hydrogen) atoms. The molecule has 0 radical (unpaired) electrons. The second-order valence-electron chi connectivity index (χ2n) is 10.8. The van der Waals surface area contributed by atoms with Gasteiger partial charge < -0.3 is 27.2 Å². The molecule has 0 aromatic rings. The van der Waals surface area contributed by atoms with Crippen molar-refractivity contribution < 1.29 is 40.2 Å². The summed E-state index contributed by atoms with van der Waals surface area (Å²) in [6, 6.07) is 0.637. The summed E-state index contributed by atoms with van der Waals surface area (Å²) in [6.07, 6.45) is 17.4. The molecule has 4 aliphatic rings. The Morgan fingerprint density at radius 2 is 1.47 bits per heavy atom. The zero-order chi connectivity index (χ0) is 23.6. The summed E-state index contributed by atoms with van der Waals surface area (Å²) in [7, 11) is -1.18. The number of fused-ring (bicyclic) bond motifs is 1. The average molecular weight is 589 g/mol. The van der Waals surface area contributed by atoms with Gasteiger partial charge in [0, 0.05) is 7.92 Å². The summed E-state index contributed by atoms with van der Waals surface area (Å²) < 4.78 is 5.19. The number of hydrogen-bond donors (Lipinski definition) is 2. The molecule has 4 atom stereocenters. The van der Waals surface area contributed by atoms with Gasteiger partial charge in [-0.25, -0.2) is 4.79 Å². The van der Waals surface area contributed by atoms with Crippen molar-refractivity contribution in [2.75, 3.05) is 13.2 Å². The largest absolute Gasteiger partial charge is 2.00 e. The summed E-state index contributed by atoms with van der Waals surface area (Å²) in [5.41, 5.74) is 0.410. The summed E-state index contributed by atoms with van der Waals surface area (Å²) in [5, 5.41) is 24.5. The minimum absolute atomic E-state index is 0. The number of carbonyl (C=O) groups is 1. The maximum Gasteiger partial charge on any atom is 2.00 e. The zero-order valence-corrected chi connectivity index (χ0v) is 23.8. The summed E-state index contributed by atoms with van der Waals surface area (Å²) in [5.74, 6) is 1.16. The molecule has 0 aromatic heterocycles. The number of hydrogen-bond acceptors (Lipinski definition) is 4. The van der Waals surface area contributed by atoms with E-state index in [1.165, 1.54) is 70.6 Å². The van der Waals surface area contributed by atoms with Crippen molar-refractivity contribution in [1.82, 2.24) is 0 Å². The van der Waals surface area contributed by atoms with Crippen molar-refractivity contribution >= 4 is 13.9 Å². The standard InChI is InChI=1S/C17H31O4P.C10H17N.Pd/c1-2-21-17(20)15(16(18)19)22(13-9-5-3-6-10-13)14-11-7-4-8-12-14;1-8-4-2-5-9-6-3-7-11-10(8)9;/h13-16,18-19H,2-12H2,1H3;8-10H,1-7H2;/q;-2;+2/p+1. The molecule has 3 aliphatic carbocycles. The van der Waals surface area contributed by atoms with Gasteiger partial charge in [0.15, 0.2) is 6.29 Å². The van der Waals surface area contributed by atoms with E-state index >= 15 is 0 Å². The number of carbonyl (C=O) groups excluding carboxylic acids is 1. The van der Waals surface area contributed by atoms with E-state index in [0.29, 0.717) is 29.9 Å². The van der Waals surface area contributed by atoms with Crippen LogP contribution < -0.4 is 0 Å². The van der Waals surface area contributed by atoms with E-state index in [-0.39, 0.29) is 26.4 Å². The third-order valence-electron chi connectivity index (χ3n) is 8.54. The van der Waals surface area contributed by atoms with Crippen molar-refractivity contribution in [3.8, 4) is 0 Å². The van der Waals surface area contributed by atoms with Crippen molar-refractivity contribution in [2.24, 2.45) is 11.8 Å². The molecule has 0 spiro atoms. The van der Waals surface area contributed by atoms with E-state index in [1.54, 1.807) is 6.92 Å². The molecule has 7 heteroatoms. The molecule has 4 unspecified atom stereocenters. The van der Waals surface area contributed by atoms with Crippen LogP contribution in [0.4, 0.5) is 0 Å². The molecule has 5 nitrogen and oxygen atoms in total. The van der Waals surface area contributed by atoms with Crippen LogP contribution in [-0.4, -0.2) is 58.6 Å². The van der Waals surface area contributed by atoms with Crippen LogP contribution in [0.5, 0.6) is 0 Å². The van der Waals surface area contributed by atoms with E-state index in [2.05, 4.69) is 12.2 Å². The van der Waals surface area contributed by atoms with Gasteiger partial charge in [0.2, 0.25) is 5.66 Å². The van der Waals surface area contributed by atoms with Gasteiger partial charge in [0.1, 0.15) is 0 Å². The third kappa shape index (κ3) is 8.78. The van der Waals surface area contributed by atoms with Gasteiger partial charge >= 0.3 is 26.4 Å². The van der Waals surface area contributed by atoms with Crippen molar-refractivity contribution in [3.05, 3.63) is 12.2 Å². The molecule has 1 saturated heterocycles. The van der Waals surface area contributed by atoms with Crippen LogP contribution in [0.1, 0.15) is 103 Å². The first-order chi connectivity index (χ1) is 16.0. The molecule has 0 bridgehead atoms. The second kappa shape index (κ2) is 16.3. The molecular formula is C27H49NO4PPd+. The number of aliphatic hydroxyl groups excluding tert-OH is 1. The monoisotopic (exact) mass is 588 g/mol. The Bertz CT molecular complexity index is 549. The van der Waals surface area contributed by atoms with Crippen LogP contribution in [0.2, 0.25) is 0 Å². The van der Waals surface area contributed by atoms with Crippen LogP contribution in [0, 0.1) is 18.8 Å². The Balaban J connectivity index is 0.000000284. The molecule has 3 saturated carbocycles. The van der Waals surface area contributed by atoms with Gasteiger partial charge in [-0.1, -0.05) is 50.9 Å². The first-order valence-corrected chi connectivity index (χ1v) is 15.6. The zero-order valence-electron chi connectivity index (χ0n) is 21.2. The number of piperidine rings is 1. The number of esters is 1. The van der Waals surface area contributed by atoms with Crippen LogP contribution in [0.25, 0.3) is 5.32 Å². The topological polar surface area (TPSA) is 80.9 Å². The Kier molecular flexibility index (Phi) is 14.7. The van der Waals surface area contributed by atoms with Crippen LogP contribution in [0.15, 0.2) is 0 Å². The van der Waals surface area contributed by atoms with Crippen molar-refractivity contribution in [1.29, 1.82) is 0 Å².